The highest BCUT2D eigenvalue weighted by molar-refractivity contribution is 5.31. The van der Waals surface area contributed by atoms with Crippen molar-refractivity contribution in [1.82, 2.24) is 0 Å². The Hall–Kier alpha value is -0.980. The molecular weight excluding hydrogens is 148 g/mol. The molecule has 1 nitrogen and oxygen atoms in total. The molecule has 0 aliphatic rings. The third-order valence-electron chi connectivity index (χ3n) is 1.96. The monoisotopic (exact) mass is 163 g/mol. The summed E-state index contributed by atoms with van der Waals surface area (Å²) in [4.78, 5) is 0. The van der Waals surface area contributed by atoms with E-state index in [0.29, 0.717) is 5.92 Å². The molecule has 0 saturated heterocycles. The van der Waals surface area contributed by atoms with Crippen LogP contribution in [0.3, 0.4) is 0 Å². The van der Waals surface area contributed by atoms with Gasteiger partial charge in [-0.2, -0.15) is 0 Å². The zero-order chi connectivity index (χ0) is 8.97. The van der Waals surface area contributed by atoms with Gasteiger partial charge in [-0.05, 0) is 30.4 Å². The summed E-state index contributed by atoms with van der Waals surface area (Å²) in [6.07, 6.45) is 2.01. The molecular formula is C11H15O. The summed E-state index contributed by atoms with van der Waals surface area (Å²) in [5.74, 6) is 0.850. The highest BCUT2D eigenvalue weighted by Crippen LogP contribution is 2.19. The lowest BCUT2D eigenvalue weighted by molar-refractivity contribution is 0.348. The molecule has 0 saturated carbocycles. The molecule has 1 aromatic rings. The van der Waals surface area contributed by atoms with E-state index in [0.717, 1.165) is 18.4 Å². The van der Waals surface area contributed by atoms with Crippen molar-refractivity contribution in [2.24, 2.45) is 5.92 Å². The summed E-state index contributed by atoms with van der Waals surface area (Å²) in [6.45, 7) is 4.35. The van der Waals surface area contributed by atoms with Crippen molar-refractivity contribution in [1.29, 1.82) is 0 Å². The molecule has 0 aliphatic heterocycles. The lowest BCUT2D eigenvalue weighted by Crippen LogP contribution is -1.91. The van der Waals surface area contributed by atoms with E-state index < -0.39 is 0 Å². The Balaban J connectivity index is 2.57. The molecule has 0 N–H and O–H groups in total. The van der Waals surface area contributed by atoms with Gasteiger partial charge in [-0.1, -0.05) is 32.0 Å². The molecule has 1 aromatic carbocycles. The summed E-state index contributed by atoms with van der Waals surface area (Å²) < 4.78 is 0. The topological polar surface area (TPSA) is 19.9 Å². The summed E-state index contributed by atoms with van der Waals surface area (Å²) in [5, 5.41) is 11.2. The van der Waals surface area contributed by atoms with Gasteiger partial charge >= 0.3 is 0 Å². The molecule has 0 bridgehead atoms. The molecule has 0 atom stereocenters. The van der Waals surface area contributed by atoms with Crippen LogP contribution in [-0.2, 0) is 11.5 Å². The quantitative estimate of drug-likeness (QED) is 0.650. The smallest absolute Gasteiger partial charge is 0.181 e. The highest BCUT2D eigenvalue weighted by Gasteiger charge is 2.02. The zero-order valence-corrected chi connectivity index (χ0v) is 7.71. The third-order valence-corrected chi connectivity index (χ3v) is 1.96. The van der Waals surface area contributed by atoms with Gasteiger partial charge in [0.1, 0.15) is 0 Å². The first-order valence-corrected chi connectivity index (χ1v) is 4.45. The fraction of sp³-hybridized carbons (Fsp3) is 0.455. The van der Waals surface area contributed by atoms with E-state index in [2.05, 4.69) is 13.8 Å². The molecule has 0 unspecified atom stereocenters. The maximum Gasteiger partial charge on any atom is 0.181 e. The Morgan fingerprint density at radius 3 is 2.50 bits per heavy atom. The van der Waals surface area contributed by atoms with Crippen molar-refractivity contribution in [3.63, 3.8) is 0 Å². The van der Waals surface area contributed by atoms with Crippen LogP contribution in [0.15, 0.2) is 24.3 Å². The van der Waals surface area contributed by atoms with E-state index in [-0.39, 0.29) is 5.75 Å². The second-order valence-corrected chi connectivity index (χ2v) is 3.54. The van der Waals surface area contributed by atoms with Crippen molar-refractivity contribution < 1.29 is 5.11 Å². The summed E-state index contributed by atoms with van der Waals surface area (Å²) in [6, 6.07) is 7.28. The molecule has 65 valence electrons. The fourth-order valence-electron chi connectivity index (χ4n) is 1.15. The molecule has 1 heteroatoms. The van der Waals surface area contributed by atoms with Crippen LogP contribution in [-0.4, -0.2) is 0 Å². The van der Waals surface area contributed by atoms with E-state index in [1.165, 1.54) is 0 Å². The Labute approximate surface area is 74.1 Å². The van der Waals surface area contributed by atoms with Crippen molar-refractivity contribution in [2.45, 2.75) is 26.7 Å². The normalized spacial score (nSPS) is 10.6. The average molecular weight is 163 g/mol. The molecule has 1 radical (unpaired) electrons. The lowest BCUT2D eigenvalue weighted by atomic mass is 10.0. The Kier molecular flexibility index (Phi) is 3.15. The first kappa shape index (κ1) is 9.11. The second-order valence-electron chi connectivity index (χ2n) is 3.54. The summed E-state index contributed by atoms with van der Waals surface area (Å²) in [7, 11) is 0. The van der Waals surface area contributed by atoms with Crippen LogP contribution in [0.25, 0.3) is 0 Å². The molecule has 0 amide bonds. The van der Waals surface area contributed by atoms with Gasteiger partial charge in [0.2, 0.25) is 0 Å². The van der Waals surface area contributed by atoms with Crippen molar-refractivity contribution in [2.75, 3.05) is 0 Å². The largest absolute Gasteiger partial charge is 0.290 e. The van der Waals surface area contributed by atoms with Gasteiger partial charge in [-0.15, -0.1) is 0 Å². The number of aryl methyl sites for hydroxylation is 1. The van der Waals surface area contributed by atoms with Crippen LogP contribution in [0.5, 0.6) is 5.75 Å². The minimum absolute atomic E-state index is 0.179. The minimum atomic E-state index is 0.179. The summed E-state index contributed by atoms with van der Waals surface area (Å²) >= 11 is 0. The van der Waals surface area contributed by atoms with Crippen LogP contribution in [0.4, 0.5) is 0 Å². The molecule has 0 spiro atoms. The molecule has 0 heterocycles. The first-order chi connectivity index (χ1) is 5.70. The maximum atomic E-state index is 11.2. The van der Waals surface area contributed by atoms with E-state index in [9.17, 15) is 5.11 Å². The average Bonchev–Trinajstić information content (AvgIpc) is 2.03. The number of benzene rings is 1. The molecule has 0 fully saturated rings. The van der Waals surface area contributed by atoms with Gasteiger partial charge in [-0.3, -0.25) is 5.11 Å². The first-order valence-electron chi connectivity index (χ1n) is 4.45. The second kappa shape index (κ2) is 4.15. The van der Waals surface area contributed by atoms with Gasteiger partial charge < -0.3 is 0 Å². The molecule has 0 aromatic heterocycles. The predicted octanol–water partition coefficient (Wildman–Crippen LogP) is 3.42. The van der Waals surface area contributed by atoms with Crippen LogP contribution in [0.2, 0.25) is 0 Å². The summed E-state index contributed by atoms with van der Waals surface area (Å²) in [5.41, 5.74) is 0.950. The lowest BCUT2D eigenvalue weighted by Gasteiger charge is -2.04. The van der Waals surface area contributed by atoms with Gasteiger partial charge in [0, 0.05) is 0 Å². The van der Waals surface area contributed by atoms with Crippen LogP contribution in [0.1, 0.15) is 25.8 Å². The number of para-hydroxylation sites is 1. The highest BCUT2D eigenvalue weighted by atomic mass is 16.3. The van der Waals surface area contributed by atoms with Gasteiger partial charge in [0.15, 0.2) is 5.75 Å². The minimum Gasteiger partial charge on any atom is -0.290 e. The Morgan fingerprint density at radius 1 is 1.25 bits per heavy atom. The zero-order valence-electron chi connectivity index (χ0n) is 7.71. The van der Waals surface area contributed by atoms with E-state index in [1.54, 1.807) is 12.1 Å². The van der Waals surface area contributed by atoms with E-state index >= 15 is 0 Å². The Morgan fingerprint density at radius 2 is 1.92 bits per heavy atom. The number of hydrogen-bond donors (Lipinski definition) is 0. The van der Waals surface area contributed by atoms with E-state index in [1.807, 2.05) is 12.1 Å². The van der Waals surface area contributed by atoms with E-state index in [4.69, 9.17) is 0 Å². The maximum absolute atomic E-state index is 11.2. The van der Waals surface area contributed by atoms with Gasteiger partial charge in [0.05, 0.1) is 0 Å². The van der Waals surface area contributed by atoms with Crippen molar-refractivity contribution in [3.05, 3.63) is 29.8 Å². The SMILES string of the molecule is CC(C)CCc1ccccc1[O]. The van der Waals surface area contributed by atoms with Crippen LogP contribution < -0.4 is 0 Å². The molecule has 1 rings (SSSR count). The third kappa shape index (κ3) is 2.57. The number of hydrogen-bond acceptors (Lipinski definition) is 0. The standard InChI is InChI=1S/C11H15O/c1-9(2)7-8-10-5-3-4-6-11(10)12/h3-6,9H,7-8H2,1-2H3. The molecule has 12 heavy (non-hydrogen) atoms. The van der Waals surface area contributed by atoms with Crippen molar-refractivity contribution in [3.8, 4) is 5.75 Å². The van der Waals surface area contributed by atoms with Crippen molar-refractivity contribution >= 4 is 0 Å². The fourth-order valence-corrected chi connectivity index (χ4v) is 1.15. The van der Waals surface area contributed by atoms with Gasteiger partial charge in [0.25, 0.3) is 0 Å². The van der Waals surface area contributed by atoms with Crippen LogP contribution in [0, 0.1) is 5.92 Å². The number of rotatable bonds is 3. The van der Waals surface area contributed by atoms with Gasteiger partial charge in [-0.25, -0.2) is 0 Å². The Bertz CT molecular complexity index is 241. The predicted molar refractivity (Wildman–Crippen MR) is 49.7 cm³/mol. The van der Waals surface area contributed by atoms with Crippen LogP contribution >= 0.6 is 0 Å². The molecule has 0 aliphatic carbocycles.